The fraction of sp³-hybridized carbons (Fsp3) is 0.100. The zero-order chi connectivity index (χ0) is 19.6. The fourth-order valence-electron chi connectivity index (χ4n) is 2.88. The third kappa shape index (κ3) is 3.73. The Hall–Kier alpha value is -3.23. The molecule has 4 rings (SSSR count). The van der Waals surface area contributed by atoms with Gasteiger partial charge in [0, 0.05) is 37.1 Å². The van der Waals surface area contributed by atoms with Crippen LogP contribution >= 0.6 is 0 Å². The standard InChI is InChI=1S/C20H19N5O2S/c1-24-15-19(13-21-24)28(26,27)22-12-17-14-25(18-10-6-3-7-11-18)23-20(17)16-8-4-2-5-9-16/h2-11,13-15,22H,12H2,1H3. The smallest absolute Gasteiger partial charge is 0.243 e. The Morgan fingerprint density at radius 2 is 1.64 bits per heavy atom. The zero-order valence-corrected chi connectivity index (χ0v) is 16.0. The first-order chi connectivity index (χ1) is 13.5. The molecule has 4 aromatic rings. The average Bonchev–Trinajstić information content (AvgIpc) is 3.35. The quantitative estimate of drug-likeness (QED) is 0.546. The lowest BCUT2D eigenvalue weighted by molar-refractivity contribution is 0.581. The Bertz CT molecular complexity index is 1180. The third-order valence-corrected chi connectivity index (χ3v) is 5.66. The van der Waals surface area contributed by atoms with Gasteiger partial charge in [0.15, 0.2) is 0 Å². The van der Waals surface area contributed by atoms with Gasteiger partial charge in [0.25, 0.3) is 0 Å². The first-order valence-corrected chi connectivity index (χ1v) is 10.2. The van der Waals surface area contributed by atoms with Gasteiger partial charge in [-0.15, -0.1) is 0 Å². The van der Waals surface area contributed by atoms with E-state index < -0.39 is 10.0 Å². The lowest BCUT2D eigenvalue weighted by Gasteiger charge is -2.05. The molecule has 0 amide bonds. The van der Waals surface area contributed by atoms with Crippen molar-refractivity contribution in [2.45, 2.75) is 11.4 Å². The van der Waals surface area contributed by atoms with Gasteiger partial charge in [-0.05, 0) is 12.1 Å². The molecular weight excluding hydrogens is 374 g/mol. The van der Waals surface area contributed by atoms with E-state index >= 15 is 0 Å². The number of nitrogens with zero attached hydrogens (tertiary/aromatic N) is 4. The molecule has 0 bridgehead atoms. The highest BCUT2D eigenvalue weighted by molar-refractivity contribution is 7.89. The fourth-order valence-corrected chi connectivity index (χ4v) is 3.87. The molecule has 2 aromatic carbocycles. The Kier molecular flexibility index (Phi) is 4.81. The van der Waals surface area contributed by atoms with Crippen LogP contribution in [0, 0.1) is 0 Å². The molecule has 0 radical (unpaired) electrons. The van der Waals surface area contributed by atoms with Crippen molar-refractivity contribution in [2.75, 3.05) is 0 Å². The number of nitrogens with one attached hydrogen (secondary N) is 1. The minimum absolute atomic E-state index is 0.119. The Morgan fingerprint density at radius 1 is 0.964 bits per heavy atom. The van der Waals surface area contributed by atoms with Gasteiger partial charge in [0.1, 0.15) is 4.90 Å². The van der Waals surface area contributed by atoms with Crippen molar-refractivity contribution in [3.8, 4) is 16.9 Å². The molecule has 0 saturated carbocycles. The van der Waals surface area contributed by atoms with Gasteiger partial charge in [-0.25, -0.2) is 17.8 Å². The van der Waals surface area contributed by atoms with E-state index in [9.17, 15) is 8.42 Å². The van der Waals surface area contributed by atoms with E-state index in [2.05, 4.69) is 9.82 Å². The van der Waals surface area contributed by atoms with Gasteiger partial charge < -0.3 is 0 Å². The maximum Gasteiger partial charge on any atom is 0.243 e. The Balaban J connectivity index is 1.68. The number of aromatic nitrogens is 4. The van der Waals surface area contributed by atoms with Crippen LogP contribution in [0.3, 0.4) is 0 Å². The average molecular weight is 393 g/mol. The van der Waals surface area contributed by atoms with Gasteiger partial charge in [-0.3, -0.25) is 4.68 Å². The van der Waals surface area contributed by atoms with Crippen molar-refractivity contribution >= 4 is 10.0 Å². The van der Waals surface area contributed by atoms with E-state index in [1.54, 1.807) is 11.7 Å². The Morgan fingerprint density at radius 3 is 2.29 bits per heavy atom. The molecule has 28 heavy (non-hydrogen) atoms. The number of para-hydroxylation sites is 1. The number of sulfonamides is 1. The van der Waals surface area contributed by atoms with E-state index in [4.69, 9.17) is 5.10 Å². The van der Waals surface area contributed by atoms with Crippen LogP contribution in [0.25, 0.3) is 16.9 Å². The summed E-state index contributed by atoms with van der Waals surface area (Å²) in [5.41, 5.74) is 3.34. The lowest BCUT2D eigenvalue weighted by Crippen LogP contribution is -2.23. The van der Waals surface area contributed by atoms with Crippen LogP contribution in [0.2, 0.25) is 0 Å². The van der Waals surface area contributed by atoms with Gasteiger partial charge in [-0.1, -0.05) is 48.5 Å². The second-order valence-corrected chi connectivity index (χ2v) is 8.09. The summed E-state index contributed by atoms with van der Waals surface area (Å²) < 4.78 is 31.0. The summed E-state index contributed by atoms with van der Waals surface area (Å²) in [7, 11) is -1.99. The highest BCUT2D eigenvalue weighted by atomic mass is 32.2. The van der Waals surface area contributed by atoms with Crippen molar-refractivity contribution in [3.05, 3.63) is 84.8 Å². The highest BCUT2D eigenvalue weighted by Crippen LogP contribution is 2.24. The van der Waals surface area contributed by atoms with E-state index in [1.807, 2.05) is 66.9 Å². The summed E-state index contributed by atoms with van der Waals surface area (Å²) in [6, 6.07) is 19.4. The zero-order valence-electron chi connectivity index (χ0n) is 15.2. The number of rotatable bonds is 6. The maximum atomic E-state index is 12.6. The van der Waals surface area contributed by atoms with Crippen LogP contribution in [-0.2, 0) is 23.6 Å². The molecule has 0 saturated heterocycles. The van der Waals surface area contributed by atoms with E-state index in [0.717, 1.165) is 22.5 Å². The molecule has 2 aromatic heterocycles. The molecule has 0 aliphatic rings. The first kappa shape index (κ1) is 18.1. The normalized spacial score (nSPS) is 11.6. The lowest BCUT2D eigenvalue weighted by atomic mass is 10.1. The predicted molar refractivity (Wildman–Crippen MR) is 106 cm³/mol. The number of hydrogen-bond donors (Lipinski definition) is 1. The third-order valence-electron chi connectivity index (χ3n) is 4.30. The molecule has 0 spiro atoms. The highest BCUT2D eigenvalue weighted by Gasteiger charge is 2.18. The molecule has 0 aliphatic heterocycles. The van der Waals surface area contributed by atoms with E-state index in [1.165, 1.54) is 17.1 Å². The van der Waals surface area contributed by atoms with Crippen LogP contribution < -0.4 is 4.72 Å². The van der Waals surface area contributed by atoms with Gasteiger partial charge in [0.05, 0.1) is 17.6 Å². The molecular formula is C20H19N5O2S. The molecule has 0 fully saturated rings. The van der Waals surface area contributed by atoms with Crippen LogP contribution in [0.5, 0.6) is 0 Å². The van der Waals surface area contributed by atoms with Gasteiger partial charge in [0.2, 0.25) is 10.0 Å². The second-order valence-electron chi connectivity index (χ2n) is 6.32. The maximum absolute atomic E-state index is 12.6. The molecule has 8 heteroatoms. The summed E-state index contributed by atoms with van der Waals surface area (Å²) in [6.07, 6.45) is 4.64. The van der Waals surface area contributed by atoms with Gasteiger partial charge >= 0.3 is 0 Å². The molecule has 7 nitrogen and oxygen atoms in total. The van der Waals surface area contributed by atoms with Crippen LogP contribution in [0.4, 0.5) is 0 Å². The second kappa shape index (κ2) is 7.41. The molecule has 1 N–H and O–H groups in total. The molecule has 0 aliphatic carbocycles. The monoisotopic (exact) mass is 393 g/mol. The summed E-state index contributed by atoms with van der Waals surface area (Å²) in [4.78, 5) is 0.131. The van der Waals surface area contributed by atoms with Crippen molar-refractivity contribution in [1.82, 2.24) is 24.3 Å². The summed E-state index contributed by atoms with van der Waals surface area (Å²) in [5.74, 6) is 0. The topological polar surface area (TPSA) is 81.8 Å². The van der Waals surface area contributed by atoms with Crippen molar-refractivity contribution < 1.29 is 8.42 Å². The Labute approximate surface area is 163 Å². The largest absolute Gasteiger partial charge is 0.274 e. The van der Waals surface area contributed by atoms with Crippen LogP contribution in [0.1, 0.15) is 5.56 Å². The number of aryl methyl sites for hydroxylation is 1. The van der Waals surface area contributed by atoms with Crippen molar-refractivity contribution in [3.63, 3.8) is 0 Å². The summed E-state index contributed by atoms with van der Waals surface area (Å²) in [6.45, 7) is 0.119. The van der Waals surface area contributed by atoms with E-state index in [-0.39, 0.29) is 11.4 Å². The number of benzene rings is 2. The molecule has 2 heterocycles. The van der Waals surface area contributed by atoms with Crippen LogP contribution in [0.15, 0.2) is 84.1 Å². The SMILES string of the molecule is Cn1cc(S(=O)(=O)NCc2cn(-c3ccccc3)nc2-c2ccccc2)cn1. The summed E-state index contributed by atoms with van der Waals surface area (Å²) in [5, 5.41) is 8.62. The van der Waals surface area contributed by atoms with Crippen molar-refractivity contribution in [2.24, 2.45) is 7.05 Å². The molecule has 0 unspecified atom stereocenters. The minimum atomic E-state index is -3.66. The van der Waals surface area contributed by atoms with E-state index in [0.29, 0.717) is 0 Å². The van der Waals surface area contributed by atoms with Crippen molar-refractivity contribution in [1.29, 1.82) is 0 Å². The summed E-state index contributed by atoms with van der Waals surface area (Å²) >= 11 is 0. The molecule has 0 atom stereocenters. The predicted octanol–water partition coefficient (Wildman–Crippen LogP) is 2.75. The van der Waals surface area contributed by atoms with Crippen LogP contribution in [-0.4, -0.2) is 28.0 Å². The minimum Gasteiger partial charge on any atom is -0.274 e. The molecule has 142 valence electrons. The van der Waals surface area contributed by atoms with Gasteiger partial charge in [-0.2, -0.15) is 10.2 Å². The number of hydrogen-bond acceptors (Lipinski definition) is 4. The first-order valence-electron chi connectivity index (χ1n) is 8.71.